The van der Waals surface area contributed by atoms with Crippen LogP contribution in [0, 0.1) is 0 Å². The molecule has 1 fully saturated rings. The Labute approximate surface area is 178 Å². The molecule has 0 saturated carbocycles. The highest BCUT2D eigenvalue weighted by molar-refractivity contribution is 5.78. The fraction of sp³-hybridized carbons (Fsp3) is 0.269. The molecule has 4 rings (SSSR count). The normalized spacial score (nSPS) is 14.3. The fourth-order valence-corrected chi connectivity index (χ4v) is 3.65. The van der Waals surface area contributed by atoms with E-state index in [-0.39, 0.29) is 12.0 Å². The van der Waals surface area contributed by atoms with E-state index in [0.29, 0.717) is 13.0 Å². The first-order valence-electron chi connectivity index (χ1n) is 10.5. The molecular formula is C26H27NO3. The Kier molecular flexibility index (Phi) is 6.65. The number of carbonyl (C=O) groups excluding carboxylic acids is 1. The van der Waals surface area contributed by atoms with Crippen molar-refractivity contribution in [2.75, 3.05) is 13.1 Å². The molecule has 3 aromatic carbocycles. The number of likely N-dealkylation sites (tertiary alicyclic amines) is 1. The van der Waals surface area contributed by atoms with Gasteiger partial charge in [0.15, 0.2) is 0 Å². The lowest BCUT2D eigenvalue weighted by Gasteiger charge is -2.32. The van der Waals surface area contributed by atoms with E-state index in [1.807, 2.05) is 77.7 Å². The summed E-state index contributed by atoms with van der Waals surface area (Å²) in [6, 6.07) is 27.8. The van der Waals surface area contributed by atoms with Crippen LogP contribution in [0.25, 0.3) is 0 Å². The van der Waals surface area contributed by atoms with Crippen LogP contribution in [0.1, 0.15) is 24.0 Å². The van der Waals surface area contributed by atoms with Crippen molar-refractivity contribution in [3.8, 4) is 11.5 Å². The zero-order valence-corrected chi connectivity index (χ0v) is 17.1. The van der Waals surface area contributed by atoms with Crippen LogP contribution in [-0.4, -0.2) is 30.0 Å². The number of piperidine rings is 1. The number of nitrogens with zero attached hydrogens (tertiary/aromatic N) is 1. The van der Waals surface area contributed by atoms with Crippen LogP contribution in [0.2, 0.25) is 0 Å². The van der Waals surface area contributed by atoms with Gasteiger partial charge in [-0.05, 0) is 35.4 Å². The summed E-state index contributed by atoms with van der Waals surface area (Å²) in [4.78, 5) is 14.5. The molecule has 1 saturated heterocycles. The summed E-state index contributed by atoms with van der Waals surface area (Å²) in [7, 11) is 0. The number of ether oxygens (including phenoxy) is 2. The maximum atomic E-state index is 12.5. The molecule has 1 aliphatic heterocycles. The van der Waals surface area contributed by atoms with Crippen molar-refractivity contribution < 1.29 is 14.3 Å². The van der Waals surface area contributed by atoms with Crippen molar-refractivity contribution in [3.63, 3.8) is 0 Å². The first kappa shape index (κ1) is 20.0. The third-order valence-corrected chi connectivity index (χ3v) is 5.37. The van der Waals surface area contributed by atoms with Gasteiger partial charge in [-0.3, -0.25) is 4.79 Å². The first-order chi connectivity index (χ1) is 14.8. The van der Waals surface area contributed by atoms with Gasteiger partial charge >= 0.3 is 0 Å². The highest BCUT2D eigenvalue weighted by Crippen LogP contribution is 2.23. The van der Waals surface area contributed by atoms with Crippen molar-refractivity contribution in [1.82, 2.24) is 4.90 Å². The summed E-state index contributed by atoms with van der Waals surface area (Å²) in [6.07, 6.45) is 2.32. The smallest absolute Gasteiger partial charge is 0.226 e. The highest BCUT2D eigenvalue weighted by atomic mass is 16.5. The van der Waals surface area contributed by atoms with Gasteiger partial charge < -0.3 is 14.4 Å². The topological polar surface area (TPSA) is 38.8 Å². The monoisotopic (exact) mass is 401 g/mol. The van der Waals surface area contributed by atoms with Gasteiger partial charge in [0.2, 0.25) is 5.91 Å². The van der Waals surface area contributed by atoms with Crippen LogP contribution in [0.3, 0.4) is 0 Å². The zero-order valence-electron chi connectivity index (χ0n) is 17.1. The first-order valence-corrected chi connectivity index (χ1v) is 10.5. The van der Waals surface area contributed by atoms with Crippen LogP contribution < -0.4 is 9.47 Å². The Bertz CT molecular complexity index is 918. The van der Waals surface area contributed by atoms with E-state index in [2.05, 4.69) is 12.1 Å². The number of rotatable bonds is 7. The van der Waals surface area contributed by atoms with E-state index >= 15 is 0 Å². The molecule has 0 aromatic heterocycles. The average Bonchev–Trinajstić information content (AvgIpc) is 2.80. The fourth-order valence-electron chi connectivity index (χ4n) is 3.65. The molecule has 1 heterocycles. The summed E-state index contributed by atoms with van der Waals surface area (Å²) in [5.74, 6) is 1.86. The van der Waals surface area contributed by atoms with Gasteiger partial charge in [0, 0.05) is 25.9 Å². The quantitative estimate of drug-likeness (QED) is 0.566. The predicted molar refractivity (Wildman–Crippen MR) is 118 cm³/mol. The highest BCUT2D eigenvalue weighted by Gasteiger charge is 2.23. The molecule has 30 heavy (non-hydrogen) atoms. The third kappa shape index (κ3) is 5.63. The summed E-state index contributed by atoms with van der Waals surface area (Å²) < 4.78 is 12.0. The second-order valence-electron chi connectivity index (χ2n) is 7.61. The van der Waals surface area contributed by atoms with E-state index in [4.69, 9.17) is 9.47 Å². The van der Waals surface area contributed by atoms with Gasteiger partial charge in [-0.15, -0.1) is 0 Å². The number of carbonyl (C=O) groups is 1. The molecule has 3 aromatic rings. The SMILES string of the molecule is O=C(Cc1ccccc1)N1CCC(Oc2ccc(OCc3ccccc3)cc2)CC1. The summed E-state index contributed by atoms with van der Waals surface area (Å²) in [5, 5.41) is 0. The molecule has 4 heteroatoms. The molecule has 0 radical (unpaired) electrons. The molecule has 0 bridgehead atoms. The van der Waals surface area contributed by atoms with Crippen LogP contribution in [0.5, 0.6) is 11.5 Å². The number of hydrogen-bond acceptors (Lipinski definition) is 3. The molecule has 0 spiro atoms. The maximum Gasteiger partial charge on any atom is 0.226 e. The molecule has 0 atom stereocenters. The summed E-state index contributed by atoms with van der Waals surface area (Å²) in [5.41, 5.74) is 2.21. The van der Waals surface area contributed by atoms with Crippen molar-refractivity contribution in [2.45, 2.75) is 32.0 Å². The Morgan fingerprint density at radius 1 is 0.767 bits per heavy atom. The molecule has 0 unspecified atom stereocenters. The molecule has 1 aliphatic rings. The van der Waals surface area contributed by atoms with Gasteiger partial charge in [0.1, 0.15) is 24.2 Å². The number of amides is 1. The van der Waals surface area contributed by atoms with Crippen molar-refractivity contribution in [3.05, 3.63) is 96.1 Å². The van der Waals surface area contributed by atoms with E-state index in [0.717, 1.165) is 48.6 Å². The second-order valence-corrected chi connectivity index (χ2v) is 7.61. The van der Waals surface area contributed by atoms with Gasteiger partial charge in [0.05, 0.1) is 6.42 Å². The van der Waals surface area contributed by atoms with Crippen molar-refractivity contribution >= 4 is 5.91 Å². The Morgan fingerprint density at radius 2 is 1.33 bits per heavy atom. The Balaban J connectivity index is 1.21. The maximum absolute atomic E-state index is 12.5. The largest absolute Gasteiger partial charge is 0.490 e. The van der Waals surface area contributed by atoms with E-state index in [9.17, 15) is 4.79 Å². The third-order valence-electron chi connectivity index (χ3n) is 5.37. The van der Waals surface area contributed by atoms with Crippen LogP contribution in [0.4, 0.5) is 0 Å². The zero-order chi connectivity index (χ0) is 20.6. The minimum Gasteiger partial charge on any atom is -0.490 e. The van der Waals surface area contributed by atoms with Gasteiger partial charge in [0.25, 0.3) is 0 Å². The Hall–Kier alpha value is -3.27. The molecule has 1 amide bonds. The molecular weight excluding hydrogens is 374 g/mol. The second kappa shape index (κ2) is 9.97. The lowest BCUT2D eigenvalue weighted by Crippen LogP contribution is -2.42. The van der Waals surface area contributed by atoms with E-state index < -0.39 is 0 Å². The predicted octanol–water partition coefficient (Wildman–Crippen LogP) is 4.88. The molecule has 0 N–H and O–H groups in total. The van der Waals surface area contributed by atoms with Crippen LogP contribution in [0.15, 0.2) is 84.9 Å². The van der Waals surface area contributed by atoms with Gasteiger partial charge in [-0.25, -0.2) is 0 Å². The molecule has 0 aliphatic carbocycles. The average molecular weight is 402 g/mol. The molecule has 154 valence electrons. The van der Waals surface area contributed by atoms with Crippen LogP contribution in [-0.2, 0) is 17.8 Å². The molecule has 4 nitrogen and oxygen atoms in total. The Morgan fingerprint density at radius 3 is 1.97 bits per heavy atom. The van der Waals surface area contributed by atoms with E-state index in [1.54, 1.807) is 0 Å². The van der Waals surface area contributed by atoms with Crippen molar-refractivity contribution in [2.24, 2.45) is 0 Å². The minimum absolute atomic E-state index is 0.141. The van der Waals surface area contributed by atoms with Gasteiger partial charge in [-0.2, -0.15) is 0 Å². The minimum atomic E-state index is 0.141. The summed E-state index contributed by atoms with van der Waals surface area (Å²) >= 11 is 0. The lowest BCUT2D eigenvalue weighted by atomic mass is 10.1. The number of hydrogen-bond donors (Lipinski definition) is 0. The van der Waals surface area contributed by atoms with E-state index in [1.165, 1.54) is 0 Å². The van der Waals surface area contributed by atoms with Gasteiger partial charge in [-0.1, -0.05) is 60.7 Å². The number of benzene rings is 3. The standard InChI is InChI=1S/C26H27NO3/c28-26(19-21-7-3-1-4-8-21)27-17-15-25(16-18-27)30-24-13-11-23(12-14-24)29-20-22-9-5-2-6-10-22/h1-14,25H,15-20H2. The summed E-state index contributed by atoms with van der Waals surface area (Å²) in [6.45, 7) is 2.04. The van der Waals surface area contributed by atoms with Crippen molar-refractivity contribution in [1.29, 1.82) is 0 Å². The lowest BCUT2D eigenvalue weighted by molar-refractivity contribution is -0.132. The van der Waals surface area contributed by atoms with Crippen LogP contribution >= 0.6 is 0 Å².